The van der Waals surface area contributed by atoms with Gasteiger partial charge in [0.2, 0.25) is 0 Å². The van der Waals surface area contributed by atoms with Crippen molar-refractivity contribution in [3.63, 3.8) is 0 Å². The fourth-order valence-corrected chi connectivity index (χ4v) is 3.31. The third kappa shape index (κ3) is 2.39. The van der Waals surface area contributed by atoms with Gasteiger partial charge in [0.15, 0.2) is 0 Å². The Hall–Kier alpha value is -0.0800. The van der Waals surface area contributed by atoms with Gasteiger partial charge < -0.3 is 5.32 Å². The van der Waals surface area contributed by atoms with Crippen LogP contribution in [0.5, 0.6) is 0 Å². The van der Waals surface area contributed by atoms with Gasteiger partial charge in [0.05, 0.1) is 0 Å². The molecule has 2 fully saturated rings. The van der Waals surface area contributed by atoms with E-state index in [0.717, 1.165) is 5.92 Å². The third-order valence-corrected chi connectivity index (χ3v) is 5.41. The van der Waals surface area contributed by atoms with E-state index in [1.165, 1.54) is 38.8 Å². The molecule has 0 aromatic carbocycles. The molecule has 2 aliphatic rings. The molecule has 0 radical (unpaired) electrons. The molecule has 2 rings (SSSR count). The molecule has 3 atom stereocenters. The molecule has 0 aromatic heterocycles. The van der Waals surface area contributed by atoms with E-state index in [0.29, 0.717) is 17.1 Å². The van der Waals surface area contributed by atoms with Crippen molar-refractivity contribution < 1.29 is 0 Å². The zero-order valence-corrected chi connectivity index (χ0v) is 12.3. The summed E-state index contributed by atoms with van der Waals surface area (Å²) >= 11 is 0. The van der Waals surface area contributed by atoms with Gasteiger partial charge in [0.1, 0.15) is 0 Å². The van der Waals surface area contributed by atoms with Gasteiger partial charge in [-0.3, -0.25) is 4.90 Å². The van der Waals surface area contributed by atoms with Crippen LogP contribution in [0.2, 0.25) is 0 Å². The van der Waals surface area contributed by atoms with E-state index in [9.17, 15) is 0 Å². The predicted molar refractivity (Wildman–Crippen MR) is 74.3 cm³/mol. The maximum atomic E-state index is 3.82. The van der Waals surface area contributed by atoms with Crippen LogP contribution < -0.4 is 5.32 Å². The van der Waals surface area contributed by atoms with Crippen LogP contribution in [-0.4, -0.2) is 35.1 Å². The molecule has 1 saturated heterocycles. The van der Waals surface area contributed by atoms with E-state index in [4.69, 9.17) is 0 Å². The van der Waals surface area contributed by atoms with Crippen molar-refractivity contribution in [1.82, 2.24) is 10.2 Å². The molecule has 0 spiro atoms. The Morgan fingerprint density at radius 1 is 1.29 bits per heavy atom. The van der Waals surface area contributed by atoms with Crippen LogP contribution >= 0.6 is 0 Å². The summed E-state index contributed by atoms with van der Waals surface area (Å²) in [5, 5.41) is 3.82. The standard InChI is InChI=1S/C15H30N2/c1-6-12(3)17-11-14(4,7-2)16-10-15(17,5)13-8-9-13/h12-13,16H,6-11H2,1-5H3. The molecule has 2 heteroatoms. The summed E-state index contributed by atoms with van der Waals surface area (Å²) in [5.41, 5.74) is 0.724. The lowest BCUT2D eigenvalue weighted by Crippen LogP contribution is -2.70. The second kappa shape index (κ2) is 4.55. The first-order valence-corrected chi connectivity index (χ1v) is 7.47. The quantitative estimate of drug-likeness (QED) is 0.810. The van der Waals surface area contributed by atoms with Crippen molar-refractivity contribution in [2.75, 3.05) is 13.1 Å². The minimum Gasteiger partial charge on any atom is -0.308 e. The Balaban J connectivity index is 2.17. The van der Waals surface area contributed by atoms with Crippen molar-refractivity contribution in [2.45, 2.75) is 77.4 Å². The van der Waals surface area contributed by atoms with Crippen molar-refractivity contribution in [1.29, 1.82) is 0 Å². The molecular formula is C15H30N2. The van der Waals surface area contributed by atoms with Gasteiger partial charge in [-0.1, -0.05) is 13.8 Å². The van der Waals surface area contributed by atoms with Crippen LogP contribution in [0.1, 0.15) is 60.3 Å². The third-order valence-electron chi connectivity index (χ3n) is 5.41. The average Bonchev–Trinajstić information content (AvgIpc) is 3.16. The molecule has 2 nitrogen and oxygen atoms in total. The van der Waals surface area contributed by atoms with Gasteiger partial charge >= 0.3 is 0 Å². The smallest absolute Gasteiger partial charge is 0.0337 e. The highest BCUT2D eigenvalue weighted by atomic mass is 15.3. The number of nitrogens with one attached hydrogen (secondary N) is 1. The minimum atomic E-state index is 0.317. The van der Waals surface area contributed by atoms with Gasteiger partial charge in [0.25, 0.3) is 0 Å². The highest BCUT2D eigenvalue weighted by Crippen LogP contribution is 2.46. The predicted octanol–water partition coefficient (Wildman–Crippen LogP) is 3.03. The lowest BCUT2D eigenvalue weighted by Gasteiger charge is -2.55. The van der Waals surface area contributed by atoms with Gasteiger partial charge in [-0.15, -0.1) is 0 Å². The van der Waals surface area contributed by atoms with E-state index >= 15 is 0 Å². The summed E-state index contributed by atoms with van der Waals surface area (Å²) in [6, 6.07) is 0.716. The highest BCUT2D eigenvalue weighted by molar-refractivity contribution is 5.08. The Morgan fingerprint density at radius 2 is 1.94 bits per heavy atom. The number of rotatable bonds is 4. The summed E-state index contributed by atoms with van der Waals surface area (Å²) in [6.07, 6.45) is 5.37. The van der Waals surface area contributed by atoms with E-state index in [1.54, 1.807) is 0 Å². The van der Waals surface area contributed by atoms with Crippen LogP contribution in [0.4, 0.5) is 0 Å². The van der Waals surface area contributed by atoms with Crippen molar-refractivity contribution >= 4 is 0 Å². The van der Waals surface area contributed by atoms with Crippen LogP contribution in [-0.2, 0) is 0 Å². The maximum absolute atomic E-state index is 3.82. The first-order chi connectivity index (χ1) is 7.95. The molecular weight excluding hydrogens is 208 g/mol. The average molecular weight is 238 g/mol. The summed E-state index contributed by atoms with van der Waals surface area (Å²) in [4.78, 5) is 2.81. The number of hydrogen-bond acceptors (Lipinski definition) is 2. The van der Waals surface area contributed by atoms with Crippen LogP contribution in [0.25, 0.3) is 0 Å². The van der Waals surface area contributed by atoms with Gasteiger partial charge in [-0.25, -0.2) is 0 Å². The second-order valence-electron chi connectivity index (χ2n) is 6.78. The maximum Gasteiger partial charge on any atom is 0.0337 e. The molecule has 1 saturated carbocycles. The molecule has 1 aliphatic carbocycles. The lowest BCUT2D eigenvalue weighted by molar-refractivity contribution is -0.0231. The summed E-state index contributed by atoms with van der Waals surface area (Å²) < 4.78 is 0. The molecule has 1 heterocycles. The zero-order chi connectivity index (χ0) is 12.7. The number of hydrogen-bond donors (Lipinski definition) is 1. The summed E-state index contributed by atoms with van der Waals surface area (Å²) in [6.45, 7) is 14.3. The Bertz CT molecular complexity index is 274. The zero-order valence-electron chi connectivity index (χ0n) is 12.3. The Morgan fingerprint density at radius 3 is 2.41 bits per heavy atom. The van der Waals surface area contributed by atoms with Crippen LogP contribution in [0.15, 0.2) is 0 Å². The Labute approximate surface area is 107 Å². The van der Waals surface area contributed by atoms with E-state index < -0.39 is 0 Å². The van der Waals surface area contributed by atoms with Gasteiger partial charge in [-0.05, 0) is 52.4 Å². The molecule has 17 heavy (non-hydrogen) atoms. The monoisotopic (exact) mass is 238 g/mol. The summed E-state index contributed by atoms with van der Waals surface area (Å²) in [7, 11) is 0. The normalized spacial score (nSPS) is 41.5. The van der Waals surface area contributed by atoms with Gasteiger partial charge in [-0.2, -0.15) is 0 Å². The Kier molecular flexibility index (Phi) is 3.57. The second-order valence-corrected chi connectivity index (χ2v) is 6.78. The molecule has 1 aliphatic heterocycles. The van der Waals surface area contributed by atoms with Crippen molar-refractivity contribution in [3.8, 4) is 0 Å². The molecule has 0 aromatic rings. The van der Waals surface area contributed by atoms with Crippen LogP contribution in [0, 0.1) is 5.92 Å². The first-order valence-electron chi connectivity index (χ1n) is 7.47. The molecule has 3 unspecified atom stereocenters. The fourth-order valence-electron chi connectivity index (χ4n) is 3.31. The highest BCUT2D eigenvalue weighted by Gasteiger charge is 2.51. The molecule has 0 bridgehead atoms. The molecule has 1 N–H and O–H groups in total. The number of piperazine rings is 1. The minimum absolute atomic E-state index is 0.317. The van der Waals surface area contributed by atoms with E-state index in [-0.39, 0.29) is 0 Å². The SMILES string of the molecule is CCC(C)N1CC(C)(CC)NCC1(C)C1CC1. The molecule has 100 valence electrons. The van der Waals surface area contributed by atoms with E-state index in [1.807, 2.05) is 0 Å². The van der Waals surface area contributed by atoms with E-state index in [2.05, 4.69) is 44.8 Å². The fraction of sp³-hybridized carbons (Fsp3) is 1.00. The topological polar surface area (TPSA) is 15.3 Å². The van der Waals surface area contributed by atoms with Crippen molar-refractivity contribution in [3.05, 3.63) is 0 Å². The number of nitrogens with zero attached hydrogens (tertiary/aromatic N) is 1. The van der Waals surface area contributed by atoms with Crippen molar-refractivity contribution in [2.24, 2.45) is 5.92 Å². The van der Waals surface area contributed by atoms with Crippen LogP contribution in [0.3, 0.4) is 0 Å². The molecule has 0 amide bonds. The van der Waals surface area contributed by atoms with Gasteiger partial charge in [0, 0.05) is 30.2 Å². The first kappa shape index (κ1) is 13.4. The largest absolute Gasteiger partial charge is 0.308 e. The summed E-state index contributed by atoms with van der Waals surface area (Å²) in [5.74, 6) is 0.936. The lowest BCUT2D eigenvalue weighted by atomic mass is 9.83.